The number of rotatable bonds is 9. The van der Waals surface area contributed by atoms with Crippen LogP contribution in [0.4, 0.5) is 4.39 Å². The van der Waals surface area contributed by atoms with Gasteiger partial charge in [0, 0.05) is 12.6 Å². The van der Waals surface area contributed by atoms with E-state index in [1.165, 1.54) is 43.2 Å². The van der Waals surface area contributed by atoms with Crippen LogP contribution >= 0.6 is 11.8 Å². The molecule has 1 aliphatic rings. The van der Waals surface area contributed by atoms with Crippen molar-refractivity contribution in [1.29, 1.82) is 0 Å². The molecule has 3 rings (SSSR count). The van der Waals surface area contributed by atoms with E-state index in [9.17, 15) is 9.18 Å². The molecule has 1 aliphatic carbocycles. The van der Waals surface area contributed by atoms with Crippen LogP contribution in [0.2, 0.25) is 0 Å². The lowest BCUT2D eigenvalue weighted by Crippen LogP contribution is -2.37. The van der Waals surface area contributed by atoms with Crippen LogP contribution in [0.15, 0.2) is 42.1 Å². The Morgan fingerprint density at radius 1 is 1.34 bits per heavy atom. The molecule has 1 fully saturated rings. The van der Waals surface area contributed by atoms with E-state index in [2.05, 4.69) is 22.1 Å². The minimum Gasteiger partial charge on any atom is -0.483 e. The van der Waals surface area contributed by atoms with E-state index < -0.39 is 6.10 Å². The molecule has 1 aromatic heterocycles. The SMILES string of the molecule is C=CCn1c(SCC(=O)NC2CCCCC2)nnc1C(C)Oc1ccc(F)cc1. The Labute approximate surface area is 174 Å². The molecule has 1 N–H and O–H groups in total. The first-order chi connectivity index (χ1) is 14.1. The Balaban J connectivity index is 1.61. The average Bonchev–Trinajstić information content (AvgIpc) is 3.12. The van der Waals surface area contributed by atoms with E-state index >= 15 is 0 Å². The van der Waals surface area contributed by atoms with Gasteiger partial charge in [-0.2, -0.15) is 0 Å². The lowest BCUT2D eigenvalue weighted by Gasteiger charge is -2.22. The third kappa shape index (κ3) is 6.06. The van der Waals surface area contributed by atoms with E-state index in [-0.39, 0.29) is 11.7 Å². The fourth-order valence-corrected chi connectivity index (χ4v) is 4.19. The summed E-state index contributed by atoms with van der Waals surface area (Å²) in [5.74, 6) is 1.17. The van der Waals surface area contributed by atoms with Gasteiger partial charge in [0.25, 0.3) is 0 Å². The molecule has 8 heteroatoms. The van der Waals surface area contributed by atoms with E-state index in [0.29, 0.717) is 35.1 Å². The number of nitrogens with one attached hydrogen (secondary N) is 1. The number of halogens is 1. The summed E-state index contributed by atoms with van der Waals surface area (Å²) < 4.78 is 20.8. The highest BCUT2D eigenvalue weighted by Crippen LogP contribution is 2.25. The molecular formula is C21H27FN4O2S. The van der Waals surface area contributed by atoms with Gasteiger partial charge in [0.2, 0.25) is 5.91 Å². The molecule has 1 unspecified atom stereocenters. The first kappa shape index (κ1) is 21.4. The summed E-state index contributed by atoms with van der Waals surface area (Å²) in [5, 5.41) is 12.3. The largest absolute Gasteiger partial charge is 0.483 e. The summed E-state index contributed by atoms with van der Waals surface area (Å²) in [4.78, 5) is 12.3. The predicted molar refractivity (Wildman–Crippen MR) is 111 cm³/mol. The Morgan fingerprint density at radius 3 is 2.76 bits per heavy atom. The summed E-state index contributed by atoms with van der Waals surface area (Å²) >= 11 is 1.35. The quantitative estimate of drug-likeness (QED) is 0.486. The van der Waals surface area contributed by atoms with Gasteiger partial charge in [0.15, 0.2) is 17.1 Å². The fraction of sp³-hybridized carbons (Fsp3) is 0.476. The molecule has 1 amide bonds. The van der Waals surface area contributed by atoms with Gasteiger partial charge in [-0.3, -0.25) is 9.36 Å². The van der Waals surface area contributed by atoms with Gasteiger partial charge in [-0.1, -0.05) is 37.1 Å². The van der Waals surface area contributed by atoms with Crippen molar-refractivity contribution in [2.45, 2.75) is 62.9 Å². The molecule has 0 aliphatic heterocycles. The van der Waals surface area contributed by atoms with Crippen LogP contribution in [-0.4, -0.2) is 32.5 Å². The lowest BCUT2D eigenvalue weighted by atomic mass is 9.95. The Bertz CT molecular complexity index is 819. The normalized spacial score (nSPS) is 15.7. The third-order valence-corrected chi connectivity index (χ3v) is 5.82. The molecule has 29 heavy (non-hydrogen) atoms. The molecule has 0 saturated heterocycles. The number of thioether (sulfide) groups is 1. The second-order valence-corrected chi connectivity index (χ2v) is 8.09. The van der Waals surface area contributed by atoms with Gasteiger partial charge in [0.05, 0.1) is 5.75 Å². The number of hydrogen-bond acceptors (Lipinski definition) is 5. The molecule has 1 atom stereocenters. The van der Waals surface area contributed by atoms with Crippen LogP contribution in [0, 0.1) is 5.82 Å². The summed E-state index contributed by atoms with van der Waals surface area (Å²) in [7, 11) is 0. The van der Waals surface area contributed by atoms with E-state index in [4.69, 9.17) is 4.74 Å². The Morgan fingerprint density at radius 2 is 2.07 bits per heavy atom. The van der Waals surface area contributed by atoms with Crippen molar-refractivity contribution < 1.29 is 13.9 Å². The Hall–Kier alpha value is -2.35. The molecular weight excluding hydrogens is 391 g/mol. The topological polar surface area (TPSA) is 69.0 Å². The second-order valence-electron chi connectivity index (χ2n) is 7.15. The first-order valence-corrected chi connectivity index (χ1v) is 10.9. The Kier molecular flexibility index (Phi) is 7.69. The van der Waals surface area contributed by atoms with Gasteiger partial charge >= 0.3 is 0 Å². The second kappa shape index (κ2) is 10.4. The molecule has 0 bridgehead atoms. The maximum absolute atomic E-state index is 13.1. The molecule has 1 aromatic carbocycles. The van der Waals surface area contributed by atoms with Crippen LogP contribution in [0.25, 0.3) is 0 Å². The van der Waals surface area contributed by atoms with Crippen molar-refractivity contribution in [1.82, 2.24) is 20.1 Å². The minimum atomic E-state index is -0.390. The summed E-state index contributed by atoms with van der Waals surface area (Å²) in [6.07, 6.45) is 7.10. The molecule has 0 spiro atoms. The van der Waals surface area contributed by atoms with Crippen LogP contribution in [-0.2, 0) is 11.3 Å². The van der Waals surface area contributed by atoms with Crippen molar-refractivity contribution in [3.05, 3.63) is 48.6 Å². The maximum atomic E-state index is 13.1. The standard InChI is InChI=1S/C21H27FN4O2S/c1-3-13-26-20(15(2)28-18-11-9-16(22)10-12-18)24-25-21(26)29-14-19(27)23-17-7-5-4-6-8-17/h3,9-12,15,17H,1,4-8,13-14H2,2H3,(H,23,27). The van der Waals surface area contributed by atoms with Crippen molar-refractivity contribution in [3.63, 3.8) is 0 Å². The van der Waals surface area contributed by atoms with Gasteiger partial charge in [-0.15, -0.1) is 16.8 Å². The van der Waals surface area contributed by atoms with E-state index in [0.717, 1.165) is 12.8 Å². The highest BCUT2D eigenvalue weighted by atomic mass is 32.2. The van der Waals surface area contributed by atoms with Crippen LogP contribution < -0.4 is 10.1 Å². The fourth-order valence-electron chi connectivity index (χ4n) is 3.42. The number of aromatic nitrogens is 3. The van der Waals surface area contributed by atoms with Crippen molar-refractivity contribution in [2.24, 2.45) is 0 Å². The number of carbonyl (C=O) groups is 1. The van der Waals surface area contributed by atoms with Crippen LogP contribution in [0.5, 0.6) is 5.75 Å². The zero-order chi connectivity index (χ0) is 20.6. The van der Waals surface area contributed by atoms with Crippen LogP contribution in [0.3, 0.4) is 0 Å². The van der Waals surface area contributed by atoms with Gasteiger partial charge in [0.1, 0.15) is 11.6 Å². The summed E-state index contributed by atoms with van der Waals surface area (Å²) in [6, 6.07) is 6.14. The number of amides is 1. The lowest BCUT2D eigenvalue weighted by molar-refractivity contribution is -0.119. The predicted octanol–water partition coefficient (Wildman–Crippen LogP) is 4.28. The first-order valence-electron chi connectivity index (χ1n) is 9.95. The molecule has 6 nitrogen and oxygen atoms in total. The van der Waals surface area contributed by atoms with Crippen molar-refractivity contribution >= 4 is 17.7 Å². The molecule has 156 valence electrons. The highest BCUT2D eigenvalue weighted by molar-refractivity contribution is 7.99. The number of carbonyl (C=O) groups excluding carboxylic acids is 1. The van der Waals surface area contributed by atoms with Crippen molar-refractivity contribution in [2.75, 3.05) is 5.75 Å². The average molecular weight is 419 g/mol. The van der Waals surface area contributed by atoms with E-state index in [1.54, 1.807) is 18.2 Å². The minimum absolute atomic E-state index is 0.0206. The van der Waals surface area contributed by atoms with Gasteiger partial charge in [-0.05, 0) is 44.0 Å². The monoisotopic (exact) mass is 418 g/mol. The molecule has 0 radical (unpaired) electrons. The van der Waals surface area contributed by atoms with E-state index in [1.807, 2.05) is 11.5 Å². The number of nitrogens with zero attached hydrogens (tertiary/aromatic N) is 3. The number of allylic oxidation sites excluding steroid dienone is 1. The molecule has 1 saturated carbocycles. The number of benzene rings is 1. The zero-order valence-corrected chi connectivity index (χ0v) is 17.5. The van der Waals surface area contributed by atoms with Crippen LogP contribution in [0.1, 0.15) is 51.0 Å². The molecule has 2 aromatic rings. The third-order valence-electron chi connectivity index (χ3n) is 4.85. The van der Waals surface area contributed by atoms with Gasteiger partial charge < -0.3 is 10.1 Å². The maximum Gasteiger partial charge on any atom is 0.230 e. The smallest absolute Gasteiger partial charge is 0.230 e. The zero-order valence-electron chi connectivity index (χ0n) is 16.6. The van der Waals surface area contributed by atoms with Crippen molar-refractivity contribution in [3.8, 4) is 5.75 Å². The van der Waals surface area contributed by atoms with Gasteiger partial charge in [-0.25, -0.2) is 4.39 Å². The number of ether oxygens (including phenoxy) is 1. The summed E-state index contributed by atoms with van der Waals surface area (Å²) in [6.45, 7) is 6.16. The number of hydrogen-bond donors (Lipinski definition) is 1. The summed E-state index contributed by atoms with van der Waals surface area (Å²) in [5.41, 5.74) is 0. The molecule has 1 heterocycles. The highest BCUT2D eigenvalue weighted by Gasteiger charge is 2.21.